The normalized spacial score (nSPS) is 14.1. The van der Waals surface area contributed by atoms with Crippen molar-refractivity contribution >= 4 is 34.9 Å². The summed E-state index contributed by atoms with van der Waals surface area (Å²) in [6.07, 6.45) is 0.821. The van der Waals surface area contributed by atoms with Crippen molar-refractivity contribution in [2.24, 2.45) is 0 Å². The molecule has 0 aliphatic carbocycles. The molecular weight excluding hydrogens is 274 g/mol. The molecule has 0 aromatic heterocycles. The number of rotatable bonds is 5. The number of amides is 1. The van der Waals surface area contributed by atoms with Crippen molar-refractivity contribution < 1.29 is 14.4 Å². The van der Waals surface area contributed by atoms with Crippen LogP contribution in [0.3, 0.4) is 0 Å². The predicted molar refractivity (Wildman–Crippen MR) is 79.4 cm³/mol. The van der Waals surface area contributed by atoms with Crippen LogP contribution in [-0.4, -0.2) is 29.8 Å². The lowest BCUT2D eigenvalue weighted by atomic mass is 10.1. The lowest BCUT2D eigenvalue weighted by Gasteiger charge is -2.29. The SMILES string of the molecule is CCC(=O)c1ccc2c(c1)SCC(=O)N2CCC(C)=O. The van der Waals surface area contributed by atoms with Crippen LogP contribution in [0.15, 0.2) is 23.1 Å². The minimum atomic E-state index is 0.0123. The Morgan fingerprint density at radius 3 is 2.75 bits per heavy atom. The number of hydrogen-bond donors (Lipinski definition) is 0. The Kier molecular flexibility index (Phi) is 4.60. The van der Waals surface area contributed by atoms with Crippen molar-refractivity contribution in [3.8, 4) is 0 Å². The molecule has 106 valence electrons. The minimum absolute atomic E-state index is 0.0123. The van der Waals surface area contributed by atoms with Gasteiger partial charge in [-0.05, 0) is 25.1 Å². The molecule has 0 atom stereocenters. The first-order chi connectivity index (χ1) is 9.52. The number of carbonyl (C=O) groups excluding carboxylic acids is 3. The summed E-state index contributed by atoms with van der Waals surface area (Å²) in [6, 6.07) is 5.41. The van der Waals surface area contributed by atoms with Crippen LogP contribution in [0.5, 0.6) is 0 Å². The van der Waals surface area contributed by atoms with Gasteiger partial charge in [-0.3, -0.25) is 14.4 Å². The van der Waals surface area contributed by atoms with E-state index in [9.17, 15) is 14.4 Å². The average Bonchev–Trinajstić information content (AvgIpc) is 2.44. The number of anilines is 1. The van der Waals surface area contributed by atoms with Crippen molar-refractivity contribution in [2.45, 2.75) is 31.6 Å². The van der Waals surface area contributed by atoms with Crippen molar-refractivity contribution in [1.29, 1.82) is 0 Å². The molecule has 20 heavy (non-hydrogen) atoms. The quantitative estimate of drug-likeness (QED) is 0.783. The summed E-state index contributed by atoms with van der Waals surface area (Å²) in [5.74, 6) is 0.531. The van der Waals surface area contributed by atoms with Gasteiger partial charge in [0.1, 0.15) is 5.78 Å². The van der Waals surface area contributed by atoms with Gasteiger partial charge >= 0.3 is 0 Å². The summed E-state index contributed by atoms with van der Waals surface area (Å²) in [6.45, 7) is 3.76. The van der Waals surface area contributed by atoms with Crippen molar-refractivity contribution in [2.75, 3.05) is 17.2 Å². The average molecular weight is 291 g/mol. The maximum atomic E-state index is 12.0. The minimum Gasteiger partial charge on any atom is -0.310 e. The number of Topliss-reactive ketones (excluding diaryl/α,β-unsaturated/α-hetero) is 2. The second-order valence-electron chi connectivity index (χ2n) is 4.75. The highest BCUT2D eigenvalue weighted by atomic mass is 32.2. The summed E-state index contributed by atoms with van der Waals surface area (Å²) >= 11 is 1.45. The highest BCUT2D eigenvalue weighted by Crippen LogP contribution is 2.36. The number of carbonyl (C=O) groups is 3. The fourth-order valence-corrected chi connectivity index (χ4v) is 3.07. The highest BCUT2D eigenvalue weighted by Gasteiger charge is 2.25. The van der Waals surface area contributed by atoms with E-state index in [-0.39, 0.29) is 17.5 Å². The van der Waals surface area contributed by atoms with Gasteiger partial charge in [-0.15, -0.1) is 11.8 Å². The summed E-state index contributed by atoms with van der Waals surface area (Å²) in [5, 5.41) is 0. The largest absolute Gasteiger partial charge is 0.310 e. The molecule has 1 aliphatic rings. The standard InChI is InChI=1S/C15H17NO3S/c1-3-13(18)11-4-5-12-14(8-11)20-9-15(19)16(12)7-6-10(2)17/h4-5,8H,3,6-7,9H2,1-2H3. The maximum absolute atomic E-state index is 12.0. The Bertz CT molecular complexity index is 568. The molecule has 0 saturated heterocycles. The molecule has 1 aromatic rings. The van der Waals surface area contributed by atoms with Gasteiger partial charge in [-0.1, -0.05) is 6.92 Å². The number of ketones is 2. The molecule has 2 rings (SSSR count). The zero-order valence-electron chi connectivity index (χ0n) is 11.6. The molecule has 0 N–H and O–H groups in total. The van der Waals surface area contributed by atoms with Crippen LogP contribution >= 0.6 is 11.8 Å². The van der Waals surface area contributed by atoms with Crippen LogP contribution in [0, 0.1) is 0 Å². The fraction of sp³-hybridized carbons (Fsp3) is 0.400. The first-order valence-electron chi connectivity index (χ1n) is 6.62. The summed E-state index contributed by atoms with van der Waals surface area (Å²) in [4.78, 5) is 37.4. The van der Waals surface area contributed by atoms with Gasteiger partial charge in [0.15, 0.2) is 5.78 Å². The van der Waals surface area contributed by atoms with Crippen LogP contribution in [0.1, 0.15) is 37.0 Å². The van der Waals surface area contributed by atoms with Gasteiger partial charge in [0.05, 0.1) is 11.4 Å². The lowest BCUT2D eigenvalue weighted by molar-refractivity contribution is -0.117. The van der Waals surface area contributed by atoms with E-state index in [0.29, 0.717) is 30.7 Å². The molecule has 1 aromatic carbocycles. The number of hydrogen-bond acceptors (Lipinski definition) is 4. The molecular formula is C15H17NO3S. The molecule has 0 unspecified atom stereocenters. The van der Waals surface area contributed by atoms with Gasteiger partial charge in [0.2, 0.25) is 5.91 Å². The Labute approximate surface area is 122 Å². The third kappa shape index (κ3) is 3.10. The molecule has 1 heterocycles. The molecule has 0 saturated carbocycles. The third-order valence-corrected chi connectivity index (χ3v) is 4.26. The van der Waals surface area contributed by atoms with Crippen LogP contribution < -0.4 is 4.90 Å². The number of fused-ring (bicyclic) bond motifs is 1. The van der Waals surface area contributed by atoms with Crippen LogP contribution in [0.4, 0.5) is 5.69 Å². The highest BCUT2D eigenvalue weighted by molar-refractivity contribution is 8.00. The molecule has 0 fully saturated rings. The summed E-state index contributed by atoms with van der Waals surface area (Å²) < 4.78 is 0. The van der Waals surface area contributed by atoms with E-state index in [0.717, 1.165) is 10.6 Å². The van der Waals surface area contributed by atoms with Crippen LogP contribution in [0.2, 0.25) is 0 Å². The van der Waals surface area contributed by atoms with Crippen molar-refractivity contribution in [3.05, 3.63) is 23.8 Å². The van der Waals surface area contributed by atoms with E-state index in [2.05, 4.69) is 0 Å². The summed E-state index contributed by atoms with van der Waals surface area (Å²) in [7, 11) is 0. The van der Waals surface area contributed by atoms with E-state index in [1.807, 2.05) is 19.1 Å². The molecule has 0 spiro atoms. The van der Waals surface area contributed by atoms with E-state index >= 15 is 0 Å². The number of thioether (sulfide) groups is 1. The molecule has 1 amide bonds. The second kappa shape index (κ2) is 6.22. The van der Waals surface area contributed by atoms with E-state index in [1.165, 1.54) is 18.7 Å². The van der Waals surface area contributed by atoms with Gasteiger partial charge < -0.3 is 4.90 Å². The van der Waals surface area contributed by atoms with E-state index in [4.69, 9.17) is 0 Å². The second-order valence-corrected chi connectivity index (χ2v) is 5.76. The van der Waals surface area contributed by atoms with Gasteiger partial charge in [0, 0.05) is 29.8 Å². The molecule has 0 bridgehead atoms. The zero-order chi connectivity index (χ0) is 14.7. The first-order valence-corrected chi connectivity index (χ1v) is 7.61. The number of nitrogens with zero attached hydrogens (tertiary/aromatic N) is 1. The molecule has 5 heteroatoms. The van der Waals surface area contributed by atoms with Gasteiger partial charge in [0.25, 0.3) is 0 Å². The third-order valence-electron chi connectivity index (χ3n) is 3.23. The van der Waals surface area contributed by atoms with Crippen molar-refractivity contribution in [3.63, 3.8) is 0 Å². The van der Waals surface area contributed by atoms with E-state index < -0.39 is 0 Å². The Balaban J connectivity index is 2.29. The van der Waals surface area contributed by atoms with E-state index in [1.54, 1.807) is 11.0 Å². The monoisotopic (exact) mass is 291 g/mol. The lowest BCUT2D eigenvalue weighted by Crippen LogP contribution is -2.36. The summed E-state index contributed by atoms with van der Waals surface area (Å²) in [5.41, 5.74) is 1.49. The Morgan fingerprint density at radius 1 is 1.35 bits per heavy atom. The fourth-order valence-electron chi connectivity index (χ4n) is 2.10. The van der Waals surface area contributed by atoms with Gasteiger partial charge in [-0.2, -0.15) is 0 Å². The first kappa shape index (κ1) is 14.8. The van der Waals surface area contributed by atoms with Crippen LogP contribution in [-0.2, 0) is 9.59 Å². The Hall–Kier alpha value is -1.62. The Morgan fingerprint density at radius 2 is 2.10 bits per heavy atom. The predicted octanol–water partition coefficient (Wildman–Crippen LogP) is 2.70. The number of benzene rings is 1. The van der Waals surface area contributed by atoms with Gasteiger partial charge in [-0.25, -0.2) is 0 Å². The van der Waals surface area contributed by atoms with Crippen LogP contribution in [0.25, 0.3) is 0 Å². The molecule has 4 nitrogen and oxygen atoms in total. The van der Waals surface area contributed by atoms with Crippen molar-refractivity contribution in [1.82, 2.24) is 0 Å². The topological polar surface area (TPSA) is 54.5 Å². The molecule has 1 aliphatic heterocycles. The smallest absolute Gasteiger partial charge is 0.237 e. The molecule has 0 radical (unpaired) electrons. The zero-order valence-corrected chi connectivity index (χ0v) is 12.5. The maximum Gasteiger partial charge on any atom is 0.237 e.